The molecule has 0 saturated heterocycles. The van der Waals surface area contributed by atoms with Gasteiger partial charge in [-0.3, -0.25) is 4.79 Å². The molecular formula is C9H8NNaO3. The molecule has 1 aromatic rings. The fourth-order valence-corrected chi connectivity index (χ4v) is 0.977. The molecule has 1 aromatic carbocycles. The second kappa shape index (κ2) is 5.14. The number of anilines is 1. The minimum atomic E-state index is -1.74. The van der Waals surface area contributed by atoms with Crippen molar-refractivity contribution >= 4 is 17.4 Å². The van der Waals surface area contributed by atoms with Crippen LogP contribution in [0, 0.1) is 6.92 Å². The van der Waals surface area contributed by atoms with Gasteiger partial charge in [0.15, 0.2) is 0 Å². The summed E-state index contributed by atoms with van der Waals surface area (Å²) in [6, 6.07) is 4.61. The Hall–Kier alpha value is -0.840. The maximum absolute atomic E-state index is 11.0. The van der Waals surface area contributed by atoms with E-state index in [-0.39, 0.29) is 40.8 Å². The number of hydrogen-bond donors (Lipinski definition) is 1. The monoisotopic (exact) mass is 201 g/mol. The van der Waals surface area contributed by atoms with Crippen LogP contribution in [-0.4, -0.2) is 11.8 Å². The number of ketones is 1. The first-order valence-electron chi connectivity index (χ1n) is 3.64. The molecule has 14 heavy (non-hydrogen) atoms. The molecule has 0 aliphatic carbocycles. The molecule has 0 aliphatic heterocycles. The van der Waals surface area contributed by atoms with Gasteiger partial charge in [-0.1, -0.05) is 11.6 Å². The third-order valence-corrected chi connectivity index (χ3v) is 1.64. The van der Waals surface area contributed by atoms with E-state index < -0.39 is 11.8 Å². The molecule has 5 heteroatoms. The van der Waals surface area contributed by atoms with Gasteiger partial charge >= 0.3 is 29.6 Å². The fourth-order valence-electron chi connectivity index (χ4n) is 0.977. The van der Waals surface area contributed by atoms with Crippen molar-refractivity contribution in [2.45, 2.75) is 6.92 Å². The van der Waals surface area contributed by atoms with Crippen molar-refractivity contribution in [3.8, 4) is 0 Å². The van der Waals surface area contributed by atoms with E-state index in [0.717, 1.165) is 5.56 Å². The number of hydrogen-bond acceptors (Lipinski definition) is 4. The number of carboxylic acid groups (broad SMARTS) is 1. The van der Waals surface area contributed by atoms with Crippen molar-refractivity contribution < 1.29 is 44.3 Å². The van der Waals surface area contributed by atoms with Gasteiger partial charge in [0.1, 0.15) is 5.97 Å². The van der Waals surface area contributed by atoms with Crippen molar-refractivity contribution in [1.29, 1.82) is 0 Å². The Kier molecular flexibility index (Phi) is 4.83. The minimum Gasteiger partial charge on any atom is -0.541 e. The smallest absolute Gasteiger partial charge is 0.541 e. The Labute approximate surface area is 103 Å². The normalized spacial score (nSPS) is 8.93. The summed E-state index contributed by atoms with van der Waals surface area (Å²) < 4.78 is 0. The Morgan fingerprint density at radius 3 is 2.43 bits per heavy atom. The number of aliphatic carboxylic acids is 1. The van der Waals surface area contributed by atoms with E-state index in [0.29, 0.717) is 0 Å². The van der Waals surface area contributed by atoms with Gasteiger partial charge in [0, 0.05) is 11.3 Å². The second-order valence-electron chi connectivity index (χ2n) is 2.71. The minimum absolute atomic E-state index is 0. The Bertz CT molecular complexity index is 376. The number of aryl methyl sites for hydroxylation is 1. The van der Waals surface area contributed by atoms with Crippen LogP contribution in [-0.2, 0) is 4.79 Å². The van der Waals surface area contributed by atoms with Gasteiger partial charge in [-0.2, -0.15) is 0 Å². The van der Waals surface area contributed by atoms with Crippen molar-refractivity contribution in [3.63, 3.8) is 0 Å². The molecule has 0 atom stereocenters. The zero-order valence-electron chi connectivity index (χ0n) is 8.03. The van der Waals surface area contributed by atoms with Gasteiger partial charge in [0.2, 0.25) is 5.78 Å². The molecule has 0 heterocycles. The van der Waals surface area contributed by atoms with E-state index >= 15 is 0 Å². The number of rotatable bonds is 2. The quantitative estimate of drug-likeness (QED) is 0.233. The molecule has 0 aliphatic rings. The first-order valence-corrected chi connectivity index (χ1v) is 3.64. The number of nitrogens with two attached hydrogens (primary N) is 1. The van der Waals surface area contributed by atoms with Crippen LogP contribution >= 0.6 is 0 Å². The van der Waals surface area contributed by atoms with Crippen molar-refractivity contribution in [1.82, 2.24) is 0 Å². The van der Waals surface area contributed by atoms with Crippen molar-refractivity contribution in [3.05, 3.63) is 29.3 Å². The van der Waals surface area contributed by atoms with Crippen LogP contribution in [0.1, 0.15) is 15.9 Å². The van der Waals surface area contributed by atoms with Gasteiger partial charge in [-0.15, -0.1) is 0 Å². The van der Waals surface area contributed by atoms with E-state index in [1.807, 2.05) is 0 Å². The van der Waals surface area contributed by atoms with Crippen molar-refractivity contribution in [2.75, 3.05) is 5.73 Å². The molecule has 0 unspecified atom stereocenters. The molecule has 0 saturated carbocycles. The molecule has 0 radical (unpaired) electrons. The molecule has 0 spiro atoms. The third kappa shape index (κ3) is 2.83. The largest absolute Gasteiger partial charge is 1.00 e. The van der Waals surface area contributed by atoms with E-state index in [9.17, 15) is 14.7 Å². The summed E-state index contributed by atoms with van der Waals surface area (Å²) in [4.78, 5) is 21.2. The average Bonchev–Trinajstić information content (AvgIpc) is 2.08. The summed E-state index contributed by atoms with van der Waals surface area (Å²) in [5.74, 6) is -2.82. The molecule has 0 aromatic heterocycles. The average molecular weight is 201 g/mol. The number of carbonyl (C=O) groups is 2. The van der Waals surface area contributed by atoms with Gasteiger partial charge in [-0.25, -0.2) is 0 Å². The first kappa shape index (κ1) is 13.2. The molecule has 1 rings (SSSR count). The number of carboxylic acids is 1. The number of carbonyl (C=O) groups excluding carboxylic acids is 2. The molecule has 0 amide bonds. The SMILES string of the molecule is Cc1ccc(N)c(C(=O)C(=O)[O-])c1.[Na+]. The standard InChI is InChI=1S/C9H9NO3.Na/c1-5-2-3-7(10)6(4-5)8(11)9(12)13;/h2-4H,10H2,1H3,(H,12,13);/q;+1/p-1. The third-order valence-electron chi connectivity index (χ3n) is 1.64. The van der Waals surface area contributed by atoms with Crippen LogP contribution in [0.25, 0.3) is 0 Å². The summed E-state index contributed by atoms with van der Waals surface area (Å²) in [5.41, 5.74) is 6.33. The summed E-state index contributed by atoms with van der Waals surface area (Å²) in [6.45, 7) is 1.74. The molecule has 2 N–H and O–H groups in total. The predicted molar refractivity (Wildman–Crippen MR) is 44.9 cm³/mol. The predicted octanol–water partition coefficient (Wildman–Crippen LogP) is -3.49. The zero-order chi connectivity index (χ0) is 10.0. The van der Waals surface area contributed by atoms with Gasteiger partial charge in [0.05, 0.1) is 0 Å². The van der Waals surface area contributed by atoms with Crippen molar-refractivity contribution in [2.24, 2.45) is 0 Å². The van der Waals surface area contributed by atoms with Gasteiger partial charge in [0.25, 0.3) is 0 Å². The Morgan fingerprint density at radius 1 is 1.36 bits per heavy atom. The van der Waals surface area contributed by atoms with Gasteiger partial charge < -0.3 is 15.6 Å². The molecule has 0 bridgehead atoms. The van der Waals surface area contributed by atoms with Crippen LogP contribution in [0.5, 0.6) is 0 Å². The molecular weight excluding hydrogens is 193 g/mol. The maximum atomic E-state index is 11.0. The second-order valence-corrected chi connectivity index (χ2v) is 2.71. The first-order chi connectivity index (χ1) is 6.02. The van der Waals surface area contributed by atoms with E-state index in [4.69, 9.17) is 5.73 Å². The summed E-state index contributed by atoms with van der Waals surface area (Å²) in [7, 11) is 0. The Morgan fingerprint density at radius 2 is 1.93 bits per heavy atom. The topological polar surface area (TPSA) is 83.2 Å². The number of nitrogen functional groups attached to an aromatic ring is 1. The van der Waals surface area contributed by atoms with Gasteiger partial charge in [-0.05, 0) is 19.1 Å². The van der Waals surface area contributed by atoms with Crippen LogP contribution in [0.3, 0.4) is 0 Å². The van der Waals surface area contributed by atoms with E-state index in [2.05, 4.69) is 0 Å². The van der Waals surface area contributed by atoms with E-state index in [1.165, 1.54) is 12.1 Å². The van der Waals surface area contributed by atoms with E-state index in [1.54, 1.807) is 13.0 Å². The van der Waals surface area contributed by atoms with Crippen LogP contribution < -0.4 is 40.4 Å². The summed E-state index contributed by atoms with van der Waals surface area (Å²) in [5, 5.41) is 10.2. The van der Waals surface area contributed by atoms with Crippen LogP contribution in [0.2, 0.25) is 0 Å². The molecule has 4 nitrogen and oxygen atoms in total. The zero-order valence-corrected chi connectivity index (χ0v) is 10.0. The summed E-state index contributed by atoms with van der Waals surface area (Å²) >= 11 is 0. The fraction of sp³-hybridized carbons (Fsp3) is 0.111. The number of benzene rings is 1. The Balaban J connectivity index is 0.00000169. The molecule has 0 fully saturated rings. The molecule has 68 valence electrons. The summed E-state index contributed by atoms with van der Waals surface area (Å²) in [6.07, 6.45) is 0. The maximum Gasteiger partial charge on any atom is 1.00 e. The van der Waals surface area contributed by atoms with Crippen LogP contribution in [0.4, 0.5) is 5.69 Å². The van der Waals surface area contributed by atoms with Crippen LogP contribution in [0.15, 0.2) is 18.2 Å². The number of Topliss-reactive ketones (excluding diaryl/α,β-unsaturated/α-hetero) is 1.